The molecule has 0 fully saturated rings. The van der Waals surface area contributed by atoms with E-state index in [1.807, 2.05) is 30.3 Å². The minimum absolute atomic E-state index is 0.0940. The number of para-hydroxylation sites is 1. The molecule has 0 spiro atoms. The molecule has 29 heavy (non-hydrogen) atoms. The third kappa shape index (κ3) is 5.05. The summed E-state index contributed by atoms with van der Waals surface area (Å²) >= 11 is 0. The highest BCUT2D eigenvalue weighted by atomic mass is 16.1. The first-order valence-electron chi connectivity index (χ1n) is 10.5. The van der Waals surface area contributed by atoms with Gasteiger partial charge in [-0.05, 0) is 47.6 Å². The summed E-state index contributed by atoms with van der Waals surface area (Å²) in [5.41, 5.74) is 6.23. The topological polar surface area (TPSA) is 32.3 Å². The quantitative estimate of drug-likeness (QED) is 0.590. The van der Waals surface area contributed by atoms with Crippen LogP contribution in [0.3, 0.4) is 0 Å². The zero-order valence-corrected chi connectivity index (χ0v) is 16.8. The van der Waals surface area contributed by atoms with E-state index in [0.717, 1.165) is 31.6 Å². The van der Waals surface area contributed by atoms with Gasteiger partial charge in [0.25, 0.3) is 0 Å². The van der Waals surface area contributed by atoms with Crippen LogP contribution in [0, 0.1) is 0 Å². The van der Waals surface area contributed by atoms with Gasteiger partial charge in [-0.2, -0.15) is 0 Å². The summed E-state index contributed by atoms with van der Waals surface area (Å²) in [5, 5.41) is 3.08. The van der Waals surface area contributed by atoms with Gasteiger partial charge in [0.05, 0.1) is 6.42 Å². The average Bonchev–Trinajstić information content (AvgIpc) is 2.78. The SMILES string of the molecule is O=C(Cc1ccc(-c2ccccc2)cc1)NCCCN1CCCc2ccccc21. The van der Waals surface area contributed by atoms with Crippen LogP contribution < -0.4 is 10.2 Å². The summed E-state index contributed by atoms with van der Waals surface area (Å²) in [7, 11) is 0. The summed E-state index contributed by atoms with van der Waals surface area (Å²) in [6, 6.07) is 27.3. The molecule has 3 nitrogen and oxygen atoms in total. The van der Waals surface area contributed by atoms with Gasteiger partial charge in [0.2, 0.25) is 5.91 Å². The molecule has 1 amide bonds. The molecule has 0 saturated carbocycles. The lowest BCUT2D eigenvalue weighted by Crippen LogP contribution is -2.33. The standard InChI is InChI=1S/C26H28N2O/c29-26(20-21-13-15-23(16-14-21)22-8-2-1-3-9-22)27-17-7-19-28-18-6-11-24-10-4-5-12-25(24)28/h1-5,8-10,12-16H,6-7,11,17-20H2,(H,27,29). The van der Waals surface area contributed by atoms with Gasteiger partial charge in [0.1, 0.15) is 0 Å². The second-order valence-corrected chi connectivity index (χ2v) is 7.66. The first-order chi connectivity index (χ1) is 14.3. The van der Waals surface area contributed by atoms with Crippen LogP contribution in [0.5, 0.6) is 0 Å². The van der Waals surface area contributed by atoms with Crippen LogP contribution in [0.25, 0.3) is 11.1 Å². The Morgan fingerprint density at radius 2 is 1.59 bits per heavy atom. The number of benzene rings is 3. The number of anilines is 1. The second-order valence-electron chi connectivity index (χ2n) is 7.66. The van der Waals surface area contributed by atoms with Crippen molar-refractivity contribution in [3.63, 3.8) is 0 Å². The molecular formula is C26H28N2O. The van der Waals surface area contributed by atoms with Crippen molar-refractivity contribution >= 4 is 11.6 Å². The molecule has 0 aliphatic carbocycles. The van der Waals surface area contributed by atoms with Crippen molar-refractivity contribution < 1.29 is 4.79 Å². The monoisotopic (exact) mass is 384 g/mol. The van der Waals surface area contributed by atoms with Crippen LogP contribution >= 0.6 is 0 Å². The van der Waals surface area contributed by atoms with Gasteiger partial charge in [-0.25, -0.2) is 0 Å². The van der Waals surface area contributed by atoms with Gasteiger partial charge in [0.15, 0.2) is 0 Å². The van der Waals surface area contributed by atoms with Crippen molar-refractivity contribution in [1.29, 1.82) is 0 Å². The Bertz CT molecular complexity index is 934. The van der Waals surface area contributed by atoms with Gasteiger partial charge in [-0.15, -0.1) is 0 Å². The zero-order chi connectivity index (χ0) is 19.9. The Morgan fingerprint density at radius 1 is 0.862 bits per heavy atom. The van der Waals surface area contributed by atoms with E-state index in [2.05, 4.69) is 58.7 Å². The Hall–Kier alpha value is -3.07. The highest BCUT2D eigenvalue weighted by Crippen LogP contribution is 2.26. The Kier molecular flexibility index (Phi) is 6.25. The Morgan fingerprint density at radius 3 is 2.41 bits per heavy atom. The van der Waals surface area contributed by atoms with Gasteiger partial charge in [-0.3, -0.25) is 4.79 Å². The van der Waals surface area contributed by atoms with E-state index < -0.39 is 0 Å². The number of hydrogen-bond donors (Lipinski definition) is 1. The van der Waals surface area contributed by atoms with E-state index in [-0.39, 0.29) is 5.91 Å². The van der Waals surface area contributed by atoms with E-state index in [0.29, 0.717) is 6.42 Å². The molecule has 4 rings (SSSR count). The van der Waals surface area contributed by atoms with Gasteiger partial charge >= 0.3 is 0 Å². The van der Waals surface area contributed by atoms with E-state index in [1.165, 1.54) is 35.2 Å². The van der Waals surface area contributed by atoms with E-state index in [4.69, 9.17) is 0 Å². The third-order valence-corrected chi connectivity index (χ3v) is 5.56. The molecule has 1 aliphatic rings. The second kappa shape index (κ2) is 9.42. The van der Waals surface area contributed by atoms with Gasteiger partial charge in [0, 0.05) is 25.3 Å². The smallest absolute Gasteiger partial charge is 0.224 e. The molecule has 0 radical (unpaired) electrons. The minimum atomic E-state index is 0.0940. The van der Waals surface area contributed by atoms with Gasteiger partial charge in [-0.1, -0.05) is 72.8 Å². The number of nitrogens with zero attached hydrogens (tertiary/aromatic N) is 1. The van der Waals surface area contributed by atoms with Crippen molar-refractivity contribution in [1.82, 2.24) is 5.32 Å². The van der Waals surface area contributed by atoms with E-state index in [1.54, 1.807) is 0 Å². The molecule has 1 N–H and O–H groups in total. The number of nitrogens with one attached hydrogen (secondary N) is 1. The molecule has 0 aromatic heterocycles. The number of aryl methyl sites for hydroxylation is 1. The van der Waals surface area contributed by atoms with Crippen molar-refractivity contribution in [3.8, 4) is 11.1 Å². The first-order valence-corrected chi connectivity index (χ1v) is 10.5. The molecule has 0 atom stereocenters. The van der Waals surface area contributed by atoms with Crippen molar-refractivity contribution in [2.75, 3.05) is 24.5 Å². The highest BCUT2D eigenvalue weighted by Gasteiger charge is 2.15. The van der Waals surface area contributed by atoms with Crippen molar-refractivity contribution in [2.24, 2.45) is 0 Å². The lowest BCUT2D eigenvalue weighted by Gasteiger charge is -2.31. The maximum atomic E-state index is 12.3. The van der Waals surface area contributed by atoms with E-state index >= 15 is 0 Å². The third-order valence-electron chi connectivity index (χ3n) is 5.56. The fourth-order valence-electron chi connectivity index (χ4n) is 4.04. The summed E-state index contributed by atoms with van der Waals surface area (Å²) in [4.78, 5) is 14.7. The Balaban J connectivity index is 1.22. The van der Waals surface area contributed by atoms with Gasteiger partial charge < -0.3 is 10.2 Å². The molecule has 0 unspecified atom stereocenters. The fraction of sp³-hybridized carbons (Fsp3) is 0.269. The normalized spacial score (nSPS) is 13.0. The molecule has 3 aromatic carbocycles. The molecule has 148 valence electrons. The highest BCUT2D eigenvalue weighted by molar-refractivity contribution is 5.78. The van der Waals surface area contributed by atoms with E-state index in [9.17, 15) is 4.79 Å². The maximum Gasteiger partial charge on any atom is 0.224 e. The van der Waals surface area contributed by atoms with Crippen LogP contribution in [-0.2, 0) is 17.6 Å². The predicted octanol–water partition coefficient (Wildman–Crippen LogP) is 4.86. The first kappa shape index (κ1) is 19.3. The molecule has 0 bridgehead atoms. The molecule has 1 aliphatic heterocycles. The predicted molar refractivity (Wildman–Crippen MR) is 120 cm³/mol. The summed E-state index contributed by atoms with van der Waals surface area (Å²) in [5.74, 6) is 0.0940. The molecule has 0 saturated heterocycles. The van der Waals surface area contributed by atoms with Crippen LogP contribution in [-0.4, -0.2) is 25.5 Å². The number of rotatable bonds is 7. The van der Waals surface area contributed by atoms with Crippen LogP contribution in [0.15, 0.2) is 78.9 Å². The summed E-state index contributed by atoms with van der Waals surface area (Å²) in [6.07, 6.45) is 3.78. The zero-order valence-electron chi connectivity index (χ0n) is 16.8. The Labute approximate surface area is 173 Å². The van der Waals surface area contributed by atoms with Crippen LogP contribution in [0.4, 0.5) is 5.69 Å². The lowest BCUT2D eigenvalue weighted by atomic mass is 10.0. The minimum Gasteiger partial charge on any atom is -0.371 e. The molecular weight excluding hydrogens is 356 g/mol. The number of hydrogen-bond acceptors (Lipinski definition) is 2. The number of amides is 1. The number of carbonyl (C=O) groups excluding carboxylic acids is 1. The molecule has 3 aromatic rings. The summed E-state index contributed by atoms with van der Waals surface area (Å²) in [6.45, 7) is 2.82. The van der Waals surface area contributed by atoms with Crippen LogP contribution in [0.2, 0.25) is 0 Å². The maximum absolute atomic E-state index is 12.3. The largest absolute Gasteiger partial charge is 0.371 e. The summed E-state index contributed by atoms with van der Waals surface area (Å²) < 4.78 is 0. The lowest BCUT2D eigenvalue weighted by molar-refractivity contribution is -0.120. The molecule has 3 heteroatoms. The van der Waals surface area contributed by atoms with Crippen molar-refractivity contribution in [3.05, 3.63) is 90.0 Å². The number of carbonyl (C=O) groups is 1. The molecule has 1 heterocycles. The van der Waals surface area contributed by atoms with Crippen LogP contribution in [0.1, 0.15) is 24.0 Å². The number of fused-ring (bicyclic) bond motifs is 1. The van der Waals surface area contributed by atoms with Crippen molar-refractivity contribution in [2.45, 2.75) is 25.7 Å². The fourth-order valence-corrected chi connectivity index (χ4v) is 4.04. The average molecular weight is 385 g/mol.